The van der Waals surface area contributed by atoms with Gasteiger partial charge in [-0.25, -0.2) is 9.18 Å². The Morgan fingerprint density at radius 2 is 1.78 bits per heavy atom. The summed E-state index contributed by atoms with van der Waals surface area (Å²) >= 11 is 3.51. The highest BCUT2D eigenvalue weighted by atomic mass is 79.9. The number of nitrogens with zero attached hydrogens (tertiary/aromatic N) is 5. The van der Waals surface area contributed by atoms with E-state index < -0.39 is 0 Å². The first-order chi connectivity index (χ1) is 17.4. The molecule has 8 heteroatoms. The number of amides is 2. The zero-order valence-electron chi connectivity index (χ0n) is 20.7. The number of piperidine rings is 1. The van der Waals surface area contributed by atoms with E-state index in [-0.39, 0.29) is 23.9 Å². The van der Waals surface area contributed by atoms with Gasteiger partial charge in [0.15, 0.2) is 5.82 Å². The van der Waals surface area contributed by atoms with Crippen molar-refractivity contribution in [1.82, 2.24) is 14.7 Å². The highest BCUT2D eigenvalue weighted by Gasteiger charge is 2.42. The number of aromatic nitrogens is 2. The van der Waals surface area contributed by atoms with Crippen LogP contribution in [-0.2, 0) is 13.6 Å². The molecular weight excluding hydrogens is 521 g/mol. The van der Waals surface area contributed by atoms with E-state index in [9.17, 15) is 9.18 Å². The first kappa shape index (κ1) is 23.5. The first-order valence-electron chi connectivity index (χ1n) is 12.8. The molecule has 1 saturated heterocycles. The third-order valence-electron chi connectivity index (χ3n) is 7.92. The summed E-state index contributed by atoms with van der Waals surface area (Å²) in [6, 6.07) is 13.6. The number of aryl methyl sites for hydroxylation is 1. The van der Waals surface area contributed by atoms with Crippen molar-refractivity contribution in [2.24, 2.45) is 7.05 Å². The lowest BCUT2D eigenvalue weighted by Crippen LogP contribution is -2.55. The van der Waals surface area contributed by atoms with Gasteiger partial charge in [-0.15, -0.1) is 0 Å². The molecule has 36 heavy (non-hydrogen) atoms. The lowest BCUT2D eigenvalue weighted by molar-refractivity contribution is 0.136. The van der Waals surface area contributed by atoms with Gasteiger partial charge in [0.2, 0.25) is 0 Å². The largest absolute Gasteiger partial charge is 0.368 e. The Kier molecular flexibility index (Phi) is 6.02. The summed E-state index contributed by atoms with van der Waals surface area (Å²) in [5.41, 5.74) is 4.26. The average molecular weight is 552 g/mol. The normalized spacial score (nSPS) is 20.7. The van der Waals surface area contributed by atoms with Crippen LogP contribution in [0.4, 0.5) is 20.7 Å². The summed E-state index contributed by atoms with van der Waals surface area (Å²) in [5.74, 6) is 1.16. The van der Waals surface area contributed by atoms with Gasteiger partial charge in [-0.2, -0.15) is 5.10 Å². The van der Waals surface area contributed by atoms with Crippen molar-refractivity contribution in [3.8, 4) is 0 Å². The van der Waals surface area contributed by atoms with Crippen LogP contribution >= 0.6 is 15.9 Å². The standard InChI is InChI=1S/C28H31BrFN5O/c1-18-23-17-32(2)31-27(23)34(16-20-6-3-4-7-22(20)19-10-11-19)28(36)35(18)21-12-14-33(15-13-21)26-24(29)8-5-9-25(26)30/h3-9,17-19,21H,10-16H2,1-2H3. The molecule has 0 bridgehead atoms. The predicted molar refractivity (Wildman–Crippen MR) is 143 cm³/mol. The molecule has 188 valence electrons. The Morgan fingerprint density at radius 1 is 1.03 bits per heavy atom. The number of benzene rings is 2. The van der Waals surface area contributed by atoms with Crippen molar-refractivity contribution >= 4 is 33.5 Å². The molecule has 0 spiro atoms. The van der Waals surface area contributed by atoms with Crippen LogP contribution < -0.4 is 9.80 Å². The molecule has 0 N–H and O–H groups in total. The number of halogens is 2. The van der Waals surface area contributed by atoms with Gasteiger partial charge in [0.25, 0.3) is 0 Å². The molecule has 2 fully saturated rings. The van der Waals surface area contributed by atoms with Crippen LogP contribution in [0.3, 0.4) is 0 Å². The van der Waals surface area contributed by atoms with E-state index >= 15 is 0 Å². The number of rotatable bonds is 5. The monoisotopic (exact) mass is 551 g/mol. The van der Waals surface area contributed by atoms with Crippen molar-refractivity contribution in [3.05, 3.63) is 75.6 Å². The molecule has 6 rings (SSSR count). The quantitative estimate of drug-likeness (QED) is 0.370. The van der Waals surface area contributed by atoms with E-state index in [1.807, 2.05) is 28.9 Å². The van der Waals surface area contributed by atoms with Crippen LogP contribution in [0, 0.1) is 5.82 Å². The summed E-state index contributed by atoms with van der Waals surface area (Å²) in [6.45, 7) is 4.03. The molecular formula is C28H31BrFN5O. The second-order valence-electron chi connectivity index (χ2n) is 10.3. The molecule has 6 nitrogen and oxygen atoms in total. The second kappa shape index (κ2) is 9.21. The van der Waals surface area contributed by atoms with Crippen LogP contribution in [0.25, 0.3) is 0 Å². The minimum atomic E-state index is -0.217. The summed E-state index contributed by atoms with van der Waals surface area (Å²) < 4.78 is 17.2. The third kappa shape index (κ3) is 4.09. The zero-order chi connectivity index (χ0) is 25.0. The molecule has 1 aliphatic carbocycles. The molecule has 1 atom stereocenters. The molecule has 2 aromatic carbocycles. The molecule has 1 unspecified atom stereocenters. The van der Waals surface area contributed by atoms with Crippen molar-refractivity contribution in [3.63, 3.8) is 0 Å². The van der Waals surface area contributed by atoms with Crippen molar-refractivity contribution in [2.45, 2.75) is 57.2 Å². The van der Waals surface area contributed by atoms with Crippen molar-refractivity contribution in [2.75, 3.05) is 22.9 Å². The van der Waals surface area contributed by atoms with Gasteiger partial charge in [-0.05, 0) is 77.7 Å². The minimum absolute atomic E-state index is 0.0184. The second-order valence-corrected chi connectivity index (χ2v) is 11.1. The summed E-state index contributed by atoms with van der Waals surface area (Å²) in [7, 11) is 1.92. The number of para-hydroxylation sites is 1. The van der Waals surface area contributed by atoms with Crippen molar-refractivity contribution in [1.29, 1.82) is 0 Å². The summed E-state index contributed by atoms with van der Waals surface area (Å²) in [4.78, 5) is 20.1. The predicted octanol–water partition coefficient (Wildman–Crippen LogP) is 6.37. The summed E-state index contributed by atoms with van der Waals surface area (Å²) in [6.07, 6.45) is 6.07. The fourth-order valence-corrected chi connectivity index (χ4v) is 6.55. The van der Waals surface area contributed by atoms with Gasteiger partial charge < -0.3 is 9.80 Å². The number of carbonyl (C=O) groups excluding carboxylic acids is 1. The van der Waals surface area contributed by atoms with E-state index in [0.717, 1.165) is 28.7 Å². The van der Waals surface area contributed by atoms with Crippen molar-refractivity contribution < 1.29 is 9.18 Å². The van der Waals surface area contributed by atoms with Crippen LogP contribution in [0.5, 0.6) is 0 Å². The third-order valence-corrected chi connectivity index (χ3v) is 8.56. The molecule has 1 aromatic heterocycles. The van der Waals surface area contributed by atoms with Gasteiger partial charge in [-0.3, -0.25) is 9.58 Å². The van der Waals surface area contributed by atoms with E-state index in [1.54, 1.807) is 6.07 Å². The highest BCUT2D eigenvalue weighted by Crippen LogP contribution is 2.44. The Bertz CT molecular complexity index is 1280. The Hall–Kier alpha value is -2.87. The lowest BCUT2D eigenvalue weighted by atomic mass is 9.97. The van der Waals surface area contributed by atoms with E-state index in [4.69, 9.17) is 5.10 Å². The Labute approximate surface area is 219 Å². The molecule has 3 aliphatic rings. The summed E-state index contributed by atoms with van der Waals surface area (Å²) in [5, 5.41) is 4.71. The molecule has 1 saturated carbocycles. The lowest BCUT2D eigenvalue weighted by Gasteiger charge is -2.46. The topological polar surface area (TPSA) is 44.6 Å². The SMILES string of the molecule is CC1c2cn(C)nc2N(Cc2ccccc2C2CC2)C(=O)N1C1CCN(c2c(F)cccc2Br)CC1. The number of fused-ring (bicyclic) bond motifs is 1. The van der Waals surface area contributed by atoms with Gasteiger partial charge >= 0.3 is 6.03 Å². The van der Waals surface area contributed by atoms with Gasteiger partial charge in [-0.1, -0.05) is 30.3 Å². The highest BCUT2D eigenvalue weighted by molar-refractivity contribution is 9.10. The Balaban J connectivity index is 1.27. The van der Waals surface area contributed by atoms with Gasteiger partial charge in [0.1, 0.15) is 5.82 Å². The fourth-order valence-electron chi connectivity index (χ4n) is 5.96. The maximum atomic E-state index is 14.6. The van der Waals surface area contributed by atoms with Crippen LogP contribution in [-0.4, -0.2) is 39.8 Å². The van der Waals surface area contributed by atoms with E-state index in [0.29, 0.717) is 31.2 Å². The fraction of sp³-hybridized carbons (Fsp3) is 0.429. The zero-order valence-corrected chi connectivity index (χ0v) is 22.3. The Morgan fingerprint density at radius 3 is 2.50 bits per heavy atom. The minimum Gasteiger partial charge on any atom is -0.368 e. The average Bonchev–Trinajstić information content (AvgIpc) is 3.63. The number of carbonyl (C=O) groups is 1. The number of hydrogen-bond donors (Lipinski definition) is 0. The first-order valence-corrected chi connectivity index (χ1v) is 13.6. The smallest absolute Gasteiger partial charge is 0.326 e. The molecule has 3 heterocycles. The van der Waals surface area contributed by atoms with Crippen LogP contribution in [0.1, 0.15) is 61.3 Å². The number of hydrogen-bond acceptors (Lipinski definition) is 3. The molecule has 3 aromatic rings. The molecule has 2 aliphatic heterocycles. The molecule has 2 amide bonds. The van der Waals surface area contributed by atoms with E-state index in [1.165, 1.54) is 30.0 Å². The van der Waals surface area contributed by atoms with Crippen LogP contribution in [0.15, 0.2) is 53.1 Å². The number of urea groups is 1. The van der Waals surface area contributed by atoms with E-state index in [2.05, 4.69) is 56.9 Å². The van der Waals surface area contributed by atoms with Gasteiger partial charge in [0.05, 0.1) is 18.3 Å². The van der Waals surface area contributed by atoms with Crippen LogP contribution in [0.2, 0.25) is 0 Å². The maximum Gasteiger partial charge on any atom is 0.326 e. The number of anilines is 2. The van der Waals surface area contributed by atoms with Gasteiger partial charge in [0, 0.05) is 42.4 Å². The maximum absolute atomic E-state index is 14.6. The molecule has 0 radical (unpaired) electrons.